The highest BCUT2D eigenvalue weighted by molar-refractivity contribution is 7.22. The van der Waals surface area contributed by atoms with E-state index in [1.807, 2.05) is 0 Å². The normalized spacial score (nSPS) is 11.0. The van der Waals surface area contributed by atoms with E-state index in [4.69, 9.17) is 14.2 Å². The number of hydrogen-bond acceptors (Lipinski definition) is 6. The molecule has 1 aromatic heterocycles. The smallest absolute Gasteiger partial charge is 0.250 e. The molecule has 1 amide bonds. The first-order chi connectivity index (χ1) is 13.4. The van der Waals surface area contributed by atoms with Crippen LogP contribution in [-0.2, 0) is 4.79 Å². The molecule has 3 rings (SSSR count). The number of nitrogens with one attached hydrogen (secondary N) is 1. The predicted molar refractivity (Wildman–Crippen MR) is 103 cm³/mol. The van der Waals surface area contributed by atoms with Crippen LogP contribution in [0.4, 0.5) is 13.9 Å². The molecule has 0 aliphatic carbocycles. The molecule has 1 N–H and O–H groups in total. The van der Waals surface area contributed by atoms with Gasteiger partial charge in [-0.25, -0.2) is 13.8 Å². The van der Waals surface area contributed by atoms with Crippen LogP contribution >= 0.6 is 11.3 Å². The molecule has 0 bridgehead atoms. The predicted octanol–water partition coefficient (Wildman–Crippen LogP) is 4.25. The van der Waals surface area contributed by atoms with E-state index in [1.165, 1.54) is 27.4 Å². The van der Waals surface area contributed by atoms with Crippen LogP contribution in [0.15, 0.2) is 30.3 Å². The zero-order chi connectivity index (χ0) is 20.3. The maximum absolute atomic E-state index is 13.7. The SMILES string of the molecule is COc1cc(/C=C/C(=O)Nc2nc3c(F)cc(F)cc3s2)cc(OC)c1OC. The van der Waals surface area contributed by atoms with Crippen LogP contribution < -0.4 is 19.5 Å². The average Bonchev–Trinajstić information content (AvgIpc) is 3.07. The minimum atomic E-state index is -0.778. The van der Waals surface area contributed by atoms with Crippen LogP contribution in [0.5, 0.6) is 17.2 Å². The molecule has 146 valence electrons. The van der Waals surface area contributed by atoms with Gasteiger partial charge >= 0.3 is 0 Å². The number of fused-ring (bicyclic) bond motifs is 1. The van der Waals surface area contributed by atoms with Crippen molar-refractivity contribution in [3.05, 3.63) is 47.5 Å². The number of rotatable bonds is 6. The highest BCUT2D eigenvalue weighted by atomic mass is 32.1. The monoisotopic (exact) mass is 406 g/mol. The minimum Gasteiger partial charge on any atom is -0.493 e. The summed E-state index contributed by atoms with van der Waals surface area (Å²) >= 11 is 0.979. The summed E-state index contributed by atoms with van der Waals surface area (Å²) in [6, 6.07) is 5.28. The van der Waals surface area contributed by atoms with E-state index in [9.17, 15) is 13.6 Å². The molecule has 0 aliphatic rings. The molecule has 0 saturated heterocycles. The average molecular weight is 406 g/mol. The molecule has 0 atom stereocenters. The summed E-state index contributed by atoms with van der Waals surface area (Å²) in [6.45, 7) is 0. The number of methoxy groups -OCH3 is 3. The van der Waals surface area contributed by atoms with Gasteiger partial charge in [0.15, 0.2) is 22.4 Å². The number of carbonyl (C=O) groups is 1. The third-order valence-corrected chi connectivity index (χ3v) is 4.68. The molecule has 1 heterocycles. The second-order valence-electron chi connectivity index (χ2n) is 5.53. The molecular formula is C19H16F2N2O4S. The molecule has 0 spiro atoms. The number of hydrogen-bond donors (Lipinski definition) is 1. The fourth-order valence-electron chi connectivity index (χ4n) is 2.53. The number of aromatic nitrogens is 1. The Morgan fingerprint density at radius 2 is 1.75 bits per heavy atom. The van der Waals surface area contributed by atoms with E-state index >= 15 is 0 Å². The summed E-state index contributed by atoms with van der Waals surface area (Å²) in [5.74, 6) is -0.617. The molecule has 0 fully saturated rings. The lowest BCUT2D eigenvalue weighted by atomic mass is 10.1. The molecule has 3 aromatic rings. The molecular weight excluding hydrogens is 390 g/mol. The first-order valence-corrected chi connectivity index (χ1v) is 8.81. The minimum absolute atomic E-state index is 0.00954. The Balaban J connectivity index is 1.79. The summed E-state index contributed by atoms with van der Waals surface area (Å²) in [7, 11) is 4.48. The van der Waals surface area contributed by atoms with Gasteiger partial charge in [-0.1, -0.05) is 11.3 Å². The largest absolute Gasteiger partial charge is 0.493 e. The Hall–Kier alpha value is -3.20. The Kier molecular flexibility index (Phi) is 5.74. The van der Waals surface area contributed by atoms with Crippen molar-refractivity contribution < 1.29 is 27.8 Å². The number of thiazole rings is 1. The Labute approximate surface area is 163 Å². The number of halogens is 2. The Morgan fingerprint density at radius 3 is 2.36 bits per heavy atom. The molecule has 2 aromatic carbocycles. The zero-order valence-corrected chi connectivity index (χ0v) is 16.0. The van der Waals surface area contributed by atoms with Gasteiger partial charge in [0, 0.05) is 12.1 Å². The maximum Gasteiger partial charge on any atom is 0.250 e. The fraction of sp³-hybridized carbons (Fsp3) is 0.158. The van der Waals surface area contributed by atoms with E-state index in [1.54, 1.807) is 18.2 Å². The van der Waals surface area contributed by atoms with Gasteiger partial charge in [-0.05, 0) is 29.8 Å². The Bertz CT molecular complexity index is 1040. The van der Waals surface area contributed by atoms with E-state index in [2.05, 4.69) is 10.3 Å². The molecule has 0 saturated carbocycles. The van der Waals surface area contributed by atoms with Crippen LogP contribution in [0.1, 0.15) is 5.56 Å². The van der Waals surface area contributed by atoms with Crippen LogP contribution in [0.25, 0.3) is 16.3 Å². The second-order valence-corrected chi connectivity index (χ2v) is 6.57. The van der Waals surface area contributed by atoms with Gasteiger partial charge < -0.3 is 14.2 Å². The second kappa shape index (κ2) is 8.22. The van der Waals surface area contributed by atoms with Crippen molar-refractivity contribution in [3.63, 3.8) is 0 Å². The molecule has 0 unspecified atom stereocenters. The van der Waals surface area contributed by atoms with Gasteiger partial charge in [0.05, 0.1) is 26.0 Å². The van der Waals surface area contributed by atoms with E-state index < -0.39 is 17.5 Å². The Morgan fingerprint density at radius 1 is 1.07 bits per heavy atom. The summed E-state index contributed by atoms with van der Waals surface area (Å²) in [6.07, 6.45) is 2.83. The summed E-state index contributed by atoms with van der Waals surface area (Å²) in [5.41, 5.74) is 0.650. The number of carbonyl (C=O) groups excluding carboxylic acids is 1. The fourth-order valence-corrected chi connectivity index (χ4v) is 3.44. The van der Waals surface area contributed by atoms with Crippen LogP contribution in [0.2, 0.25) is 0 Å². The van der Waals surface area contributed by atoms with Gasteiger partial charge in [-0.3, -0.25) is 10.1 Å². The van der Waals surface area contributed by atoms with Crippen molar-refractivity contribution in [2.75, 3.05) is 26.6 Å². The molecule has 0 aliphatic heterocycles. The third-order valence-electron chi connectivity index (χ3n) is 3.76. The number of anilines is 1. The van der Waals surface area contributed by atoms with Crippen molar-refractivity contribution in [1.82, 2.24) is 4.98 Å². The van der Waals surface area contributed by atoms with Crippen molar-refractivity contribution in [3.8, 4) is 17.2 Å². The topological polar surface area (TPSA) is 69.7 Å². The van der Waals surface area contributed by atoms with Crippen LogP contribution in [-0.4, -0.2) is 32.2 Å². The lowest BCUT2D eigenvalue weighted by Gasteiger charge is -2.12. The van der Waals surface area contributed by atoms with Gasteiger partial charge in [0.1, 0.15) is 11.3 Å². The molecule has 0 radical (unpaired) electrons. The first kappa shape index (κ1) is 19.6. The molecule has 9 heteroatoms. The highest BCUT2D eigenvalue weighted by Crippen LogP contribution is 2.38. The maximum atomic E-state index is 13.7. The van der Waals surface area contributed by atoms with Gasteiger partial charge in [-0.15, -0.1) is 0 Å². The van der Waals surface area contributed by atoms with Crippen LogP contribution in [0.3, 0.4) is 0 Å². The molecule has 6 nitrogen and oxygen atoms in total. The summed E-state index contributed by atoms with van der Waals surface area (Å²) in [5, 5.41) is 2.70. The number of nitrogens with zero attached hydrogens (tertiary/aromatic N) is 1. The third kappa shape index (κ3) is 4.04. The standard InChI is InChI=1S/C19H16F2N2O4S/c1-25-13-6-10(7-14(26-2)18(13)27-3)4-5-16(24)22-19-23-17-12(21)8-11(20)9-15(17)28-19/h4-9H,1-3H3,(H,22,23,24)/b5-4+. The highest BCUT2D eigenvalue weighted by Gasteiger charge is 2.13. The lowest BCUT2D eigenvalue weighted by Crippen LogP contribution is -2.07. The van der Waals surface area contributed by atoms with Gasteiger partial charge in [0.2, 0.25) is 11.7 Å². The van der Waals surface area contributed by atoms with Gasteiger partial charge in [0.25, 0.3) is 0 Å². The van der Waals surface area contributed by atoms with Crippen molar-refractivity contribution >= 4 is 38.7 Å². The lowest BCUT2D eigenvalue weighted by molar-refractivity contribution is -0.111. The van der Waals surface area contributed by atoms with E-state index in [0.29, 0.717) is 27.5 Å². The first-order valence-electron chi connectivity index (χ1n) is 7.99. The van der Waals surface area contributed by atoms with E-state index in [-0.39, 0.29) is 10.6 Å². The number of ether oxygens (including phenoxy) is 3. The van der Waals surface area contributed by atoms with Crippen LogP contribution in [0, 0.1) is 11.6 Å². The number of benzene rings is 2. The van der Waals surface area contributed by atoms with Crippen molar-refractivity contribution in [2.45, 2.75) is 0 Å². The number of amides is 1. The van der Waals surface area contributed by atoms with Crippen molar-refractivity contribution in [2.24, 2.45) is 0 Å². The molecule has 28 heavy (non-hydrogen) atoms. The summed E-state index contributed by atoms with van der Waals surface area (Å²) in [4.78, 5) is 16.1. The van der Waals surface area contributed by atoms with Gasteiger partial charge in [-0.2, -0.15) is 0 Å². The van der Waals surface area contributed by atoms with E-state index in [0.717, 1.165) is 23.5 Å². The quantitative estimate of drug-likeness (QED) is 0.620. The summed E-state index contributed by atoms with van der Waals surface area (Å²) < 4.78 is 43.1. The van der Waals surface area contributed by atoms with Crippen molar-refractivity contribution in [1.29, 1.82) is 0 Å². The zero-order valence-electron chi connectivity index (χ0n) is 15.2.